The number of ketones is 1. The van der Waals surface area contributed by atoms with Crippen LogP contribution in [0.25, 0.3) is 21.7 Å². The first-order valence-electron chi connectivity index (χ1n) is 9.57. The van der Waals surface area contributed by atoms with E-state index in [4.69, 9.17) is 0 Å². The van der Waals surface area contributed by atoms with Crippen LogP contribution in [0.2, 0.25) is 0 Å². The number of hydrogen-bond acceptors (Lipinski definition) is 4. The van der Waals surface area contributed by atoms with Crippen LogP contribution < -0.4 is 0 Å². The number of carbonyl (C=O) groups is 1. The Kier molecular flexibility index (Phi) is 5.36. The summed E-state index contributed by atoms with van der Waals surface area (Å²) in [6.07, 6.45) is 3.79. The molecule has 0 aliphatic carbocycles. The van der Waals surface area contributed by atoms with Gasteiger partial charge in [-0.1, -0.05) is 36.4 Å². The fourth-order valence-corrected chi connectivity index (χ4v) is 4.22. The van der Waals surface area contributed by atoms with E-state index < -0.39 is 0 Å². The van der Waals surface area contributed by atoms with Crippen molar-refractivity contribution in [3.63, 3.8) is 0 Å². The summed E-state index contributed by atoms with van der Waals surface area (Å²) >= 11 is 1.67. The standard InChI is InChI=1S/C25H22N2OS/c1-16-4-7-21(25-27-18(3)15-29-25)13-23(16)20-8-5-19(6-9-20)12-24(28)22-10-11-26-14-17(22)2/h4-11,13-15H,12H2,1-3H3. The number of Topliss-reactive ketones (excluding diaryl/α,β-unsaturated/α-hetero) is 1. The van der Waals surface area contributed by atoms with Gasteiger partial charge in [0.05, 0.1) is 0 Å². The molecule has 0 spiro atoms. The first-order valence-corrected chi connectivity index (χ1v) is 10.5. The highest BCUT2D eigenvalue weighted by Crippen LogP contribution is 2.31. The molecule has 29 heavy (non-hydrogen) atoms. The van der Waals surface area contributed by atoms with Gasteiger partial charge in [-0.15, -0.1) is 11.3 Å². The Morgan fingerprint density at radius 2 is 1.69 bits per heavy atom. The second-order valence-electron chi connectivity index (χ2n) is 7.31. The van der Waals surface area contributed by atoms with Crippen molar-refractivity contribution in [2.24, 2.45) is 0 Å². The fraction of sp³-hybridized carbons (Fsp3) is 0.160. The minimum atomic E-state index is 0.120. The van der Waals surface area contributed by atoms with Crippen molar-refractivity contribution >= 4 is 17.1 Å². The number of pyridine rings is 1. The maximum absolute atomic E-state index is 12.6. The average molecular weight is 399 g/mol. The zero-order valence-corrected chi connectivity index (χ0v) is 17.6. The number of hydrogen-bond donors (Lipinski definition) is 0. The Hall–Kier alpha value is -3.11. The molecule has 0 aliphatic rings. The van der Waals surface area contributed by atoms with Gasteiger partial charge in [0.1, 0.15) is 5.01 Å². The summed E-state index contributed by atoms with van der Waals surface area (Å²) in [4.78, 5) is 21.3. The monoisotopic (exact) mass is 398 g/mol. The Morgan fingerprint density at radius 1 is 0.931 bits per heavy atom. The lowest BCUT2D eigenvalue weighted by Gasteiger charge is -2.10. The molecule has 2 heterocycles. The summed E-state index contributed by atoms with van der Waals surface area (Å²) in [6.45, 7) is 6.06. The minimum Gasteiger partial charge on any atom is -0.294 e. The first kappa shape index (κ1) is 19.2. The van der Waals surface area contributed by atoms with Gasteiger partial charge in [0.15, 0.2) is 5.78 Å². The van der Waals surface area contributed by atoms with E-state index in [1.807, 2.05) is 26.0 Å². The Labute approximate surface area is 175 Å². The molecule has 4 aromatic rings. The summed E-state index contributed by atoms with van der Waals surface area (Å²) in [7, 11) is 0. The number of rotatable bonds is 5. The molecule has 144 valence electrons. The van der Waals surface area contributed by atoms with E-state index in [1.165, 1.54) is 11.1 Å². The van der Waals surface area contributed by atoms with Gasteiger partial charge in [-0.2, -0.15) is 0 Å². The van der Waals surface area contributed by atoms with Crippen molar-refractivity contribution in [1.82, 2.24) is 9.97 Å². The summed E-state index contributed by atoms with van der Waals surface area (Å²) in [5.41, 5.74) is 8.41. The summed E-state index contributed by atoms with van der Waals surface area (Å²) in [5.74, 6) is 0.120. The van der Waals surface area contributed by atoms with Crippen LogP contribution in [0, 0.1) is 20.8 Å². The number of benzene rings is 2. The van der Waals surface area contributed by atoms with Crippen molar-refractivity contribution in [2.75, 3.05) is 0 Å². The van der Waals surface area contributed by atoms with Crippen LogP contribution in [0.1, 0.15) is 32.7 Å². The van der Waals surface area contributed by atoms with Gasteiger partial charge >= 0.3 is 0 Å². The average Bonchev–Trinajstić information content (AvgIpc) is 3.16. The Morgan fingerprint density at radius 3 is 2.38 bits per heavy atom. The molecule has 0 saturated carbocycles. The van der Waals surface area contributed by atoms with Gasteiger partial charge in [0.2, 0.25) is 0 Å². The fourth-order valence-electron chi connectivity index (χ4n) is 3.42. The van der Waals surface area contributed by atoms with E-state index in [9.17, 15) is 4.79 Å². The lowest BCUT2D eigenvalue weighted by molar-refractivity contribution is 0.0992. The van der Waals surface area contributed by atoms with Gasteiger partial charge in [0, 0.05) is 41.0 Å². The normalized spacial score (nSPS) is 10.9. The van der Waals surface area contributed by atoms with Gasteiger partial charge in [-0.05, 0) is 60.7 Å². The topological polar surface area (TPSA) is 42.9 Å². The zero-order chi connectivity index (χ0) is 20.4. The lowest BCUT2D eigenvalue weighted by atomic mass is 9.95. The molecule has 0 fully saturated rings. The third kappa shape index (κ3) is 4.17. The molecular formula is C25H22N2OS. The molecule has 0 amide bonds. The van der Waals surface area contributed by atoms with E-state index in [-0.39, 0.29) is 5.78 Å². The number of carbonyl (C=O) groups excluding carboxylic acids is 1. The molecule has 0 atom stereocenters. The SMILES string of the molecule is Cc1csc(-c2ccc(C)c(-c3ccc(CC(=O)c4ccncc4C)cc3)c2)n1. The van der Waals surface area contributed by atoms with Crippen molar-refractivity contribution in [3.8, 4) is 21.7 Å². The van der Waals surface area contributed by atoms with Crippen molar-refractivity contribution in [1.29, 1.82) is 0 Å². The second-order valence-corrected chi connectivity index (χ2v) is 8.17. The zero-order valence-electron chi connectivity index (χ0n) is 16.8. The third-order valence-corrected chi connectivity index (χ3v) is 6.06. The van der Waals surface area contributed by atoms with Crippen molar-refractivity contribution in [3.05, 3.63) is 94.3 Å². The highest BCUT2D eigenvalue weighted by Gasteiger charge is 2.11. The molecule has 0 aliphatic heterocycles. The summed E-state index contributed by atoms with van der Waals surface area (Å²) < 4.78 is 0. The van der Waals surface area contributed by atoms with Crippen molar-refractivity contribution < 1.29 is 4.79 Å². The molecule has 2 aromatic carbocycles. The largest absolute Gasteiger partial charge is 0.294 e. The highest BCUT2D eigenvalue weighted by atomic mass is 32.1. The highest BCUT2D eigenvalue weighted by molar-refractivity contribution is 7.13. The van der Waals surface area contributed by atoms with Crippen LogP contribution in [-0.4, -0.2) is 15.8 Å². The predicted molar refractivity (Wildman–Crippen MR) is 119 cm³/mol. The van der Waals surface area contributed by atoms with Gasteiger partial charge in [-0.3, -0.25) is 9.78 Å². The summed E-state index contributed by atoms with van der Waals surface area (Å²) in [6, 6.07) is 16.6. The quantitative estimate of drug-likeness (QED) is 0.375. The van der Waals surface area contributed by atoms with Crippen LogP contribution in [0.4, 0.5) is 0 Å². The predicted octanol–water partition coefficient (Wildman–Crippen LogP) is 6.22. The third-order valence-electron chi connectivity index (χ3n) is 5.05. The smallest absolute Gasteiger partial charge is 0.167 e. The Bertz CT molecular complexity index is 1180. The maximum Gasteiger partial charge on any atom is 0.167 e. The van der Waals surface area contributed by atoms with E-state index >= 15 is 0 Å². The molecule has 0 saturated heterocycles. The van der Waals surface area contributed by atoms with Crippen LogP contribution in [0.15, 0.2) is 66.3 Å². The molecule has 0 radical (unpaired) electrons. The van der Waals surface area contributed by atoms with Crippen LogP contribution in [-0.2, 0) is 6.42 Å². The van der Waals surface area contributed by atoms with Crippen LogP contribution in [0.5, 0.6) is 0 Å². The minimum absolute atomic E-state index is 0.120. The van der Waals surface area contributed by atoms with Gasteiger partial charge < -0.3 is 0 Å². The van der Waals surface area contributed by atoms with Gasteiger partial charge in [0.25, 0.3) is 0 Å². The molecule has 0 N–H and O–H groups in total. The Balaban J connectivity index is 1.58. The maximum atomic E-state index is 12.6. The molecule has 2 aromatic heterocycles. The van der Waals surface area contributed by atoms with Crippen molar-refractivity contribution in [2.45, 2.75) is 27.2 Å². The molecule has 3 nitrogen and oxygen atoms in total. The summed E-state index contributed by atoms with van der Waals surface area (Å²) in [5, 5.41) is 3.12. The molecular weight excluding hydrogens is 376 g/mol. The number of aromatic nitrogens is 2. The molecule has 0 bridgehead atoms. The van der Waals surface area contributed by atoms with Crippen LogP contribution >= 0.6 is 11.3 Å². The number of nitrogens with zero attached hydrogens (tertiary/aromatic N) is 2. The van der Waals surface area contributed by atoms with Gasteiger partial charge in [-0.25, -0.2) is 4.98 Å². The van der Waals surface area contributed by atoms with Crippen LogP contribution in [0.3, 0.4) is 0 Å². The molecule has 0 unspecified atom stereocenters. The van der Waals surface area contributed by atoms with E-state index in [0.717, 1.165) is 38.5 Å². The molecule has 4 heteroatoms. The van der Waals surface area contributed by atoms with E-state index in [2.05, 4.69) is 52.6 Å². The van der Waals surface area contributed by atoms with E-state index in [1.54, 1.807) is 29.8 Å². The van der Waals surface area contributed by atoms with E-state index in [0.29, 0.717) is 6.42 Å². The lowest BCUT2D eigenvalue weighted by Crippen LogP contribution is -2.05. The molecule has 4 rings (SSSR count). The number of aryl methyl sites for hydroxylation is 3. The number of thiazole rings is 1. The second kappa shape index (κ2) is 8.10. The first-order chi connectivity index (χ1) is 14.0.